The van der Waals surface area contributed by atoms with Crippen molar-refractivity contribution in [2.24, 2.45) is 0 Å². The maximum absolute atomic E-state index is 5.74. The highest BCUT2D eigenvalue weighted by Gasteiger charge is 2.16. The molecule has 2 aromatic heterocycles. The van der Waals surface area contributed by atoms with Crippen LogP contribution in [0.2, 0.25) is 0 Å². The number of benzene rings is 1. The molecule has 2 heterocycles. The van der Waals surface area contributed by atoms with E-state index in [-0.39, 0.29) is 5.41 Å². The molecule has 1 nitrogen and oxygen atoms in total. The van der Waals surface area contributed by atoms with Crippen molar-refractivity contribution in [1.29, 1.82) is 0 Å². The molecule has 0 aliphatic carbocycles. The Morgan fingerprint density at radius 3 is 2.61 bits per heavy atom. The molecule has 1 aromatic carbocycles. The summed E-state index contributed by atoms with van der Waals surface area (Å²) in [4.78, 5) is 1.19. The second-order valence-corrected chi connectivity index (χ2v) is 6.54. The van der Waals surface area contributed by atoms with Gasteiger partial charge in [0.05, 0.1) is 11.1 Å². The van der Waals surface area contributed by atoms with E-state index in [2.05, 4.69) is 56.5 Å². The van der Waals surface area contributed by atoms with Gasteiger partial charge in [-0.2, -0.15) is 0 Å². The molecule has 0 saturated carbocycles. The summed E-state index contributed by atoms with van der Waals surface area (Å²) in [5.74, 6) is 0.987. The van der Waals surface area contributed by atoms with Crippen molar-refractivity contribution >= 4 is 22.1 Å². The highest BCUT2D eigenvalue weighted by atomic mass is 32.1. The van der Waals surface area contributed by atoms with Gasteiger partial charge in [-0.15, -0.1) is 11.3 Å². The number of fused-ring (bicyclic) bond motifs is 1. The molecule has 0 bridgehead atoms. The third-order valence-electron chi connectivity index (χ3n) is 3.21. The van der Waals surface area contributed by atoms with Gasteiger partial charge in [-0.3, -0.25) is 0 Å². The monoisotopic (exact) mass is 256 g/mol. The molecule has 0 aliphatic heterocycles. The average molecular weight is 256 g/mol. The second-order valence-electron chi connectivity index (χ2n) is 5.59. The van der Waals surface area contributed by atoms with Crippen molar-refractivity contribution < 1.29 is 4.42 Å². The average Bonchev–Trinajstić information content (AvgIpc) is 2.95. The SMILES string of the molecule is CC(C)(C)c1ccc2c(-c3cccs3)occ2c1. The molecular weight excluding hydrogens is 240 g/mol. The van der Waals surface area contributed by atoms with Gasteiger partial charge in [0.2, 0.25) is 0 Å². The molecule has 0 saturated heterocycles. The van der Waals surface area contributed by atoms with Gasteiger partial charge in [0.15, 0.2) is 5.76 Å². The maximum atomic E-state index is 5.74. The zero-order valence-electron chi connectivity index (χ0n) is 10.9. The van der Waals surface area contributed by atoms with E-state index in [0.717, 1.165) is 5.76 Å². The van der Waals surface area contributed by atoms with E-state index in [0.29, 0.717) is 0 Å². The van der Waals surface area contributed by atoms with E-state index in [1.165, 1.54) is 21.2 Å². The van der Waals surface area contributed by atoms with Crippen LogP contribution in [0.25, 0.3) is 21.4 Å². The van der Waals surface area contributed by atoms with Crippen LogP contribution in [0.4, 0.5) is 0 Å². The predicted molar refractivity (Wildman–Crippen MR) is 78.2 cm³/mol. The van der Waals surface area contributed by atoms with Gasteiger partial charge in [0.1, 0.15) is 0 Å². The molecule has 18 heavy (non-hydrogen) atoms. The molecule has 0 radical (unpaired) electrons. The molecule has 0 fully saturated rings. The lowest BCUT2D eigenvalue weighted by Crippen LogP contribution is -2.10. The Balaban J connectivity index is 2.17. The van der Waals surface area contributed by atoms with Crippen molar-refractivity contribution in [3.05, 3.63) is 47.5 Å². The second kappa shape index (κ2) is 3.99. The summed E-state index contributed by atoms with van der Waals surface area (Å²) in [5.41, 5.74) is 1.52. The lowest BCUT2D eigenvalue weighted by atomic mass is 9.86. The Bertz CT molecular complexity index is 669. The molecule has 0 unspecified atom stereocenters. The van der Waals surface area contributed by atoms with Crippen molar-refractivity contribution in [1.82, 2.24) is 0 Å². The summed E-state index contributed by atoms with van der Waals surface area (Å²) in [7, 11) is 0. The van der Waals surface area contributed by atoms with Gasteiger partial charge in [-0.05, 0) is 28.5 Å². The smallest absolute Gasteiger partial charge is 0.151 e. The van der Waals surface area contributed by atoms with Gasteiger partial charge >= 0.3 is 0 Å². The van der Waals surface area contributed by atoms with E-state index < -0.39 is 0 Å². The van der Waals surface area contributed by atoms with Crippen molar-refractivity contribution in [3.8, 4) is 10.6 Å². The van der Waals surface area contributed by atoms with Crippen LogP contribution < -0.4 is 0 Å². The van der Waals surface area contributed by atoms with Gasteiger partial charge in [0.25, 0.3) is 0 Å². The summed E-state index contributed by atoms with van der Waals surface area (Å²) >= 11 is 1.71. The first-order valence-corrected chi connectivity index (χ1v) is 6.99. The minimum atomic E-state index is 0.175. The molecule has 0 atom stereocenters. The van der Waals surface area contributed by atoms with Gasteiger partial charge in [0, 0.05) is 10.8 Å². The molecule has 2 heteroatoms. The highest BCUT2D eigenvalue weighted by Crippen LogP contribution is 2.35. The van der Waals surface area contributed by atoms with Gasteiger partial charge in [-0.25, -0.2) is 0 Å². The van der Waals surface area contributed by atoms with Crippen LogP contribution in [-0.2, 0) is 5.41 Å². The highest BCUT2D eigenvalue weighted by molar-refractivity contribution is 7.13. The van der Waals surface area contributed by atoms with Crippen LogP contribution in [0.1, 0.15) is 26.3 Å². The molecule has 3 aromatic rings. The lowest BCUT2D eigenvalue weighted by Gasteiger charge is -2.18. The largest absolute Gasteiger partial charge is 0.462 e. The lowest BCUT2D eigenvalue weighted by molar-refractivity contribution is 0.587. The van der Waals surface area contributed by atoms with Crippen molar-refractivity contribution in [3.63, 3.8) is 0 Å². The molecular formula is C16H16OS. The van der Waals surface area contributed by atoms with E-state index >= 15 is 0 Å². The number of thiophene rings is 1. The Hall–Kier alpha value is -1.54. The van der Waals surface area contributed by atoms with Crippen LogP contribution in [-0.4, -0.2) is 0 Å². The zero-order valence-corrected chi connectivity index (χ0v) is 11.7. The Morgan fingerprint density at radius 1 is 1.11 bits per heavy atom. The fourth-order valence-electron chi connectivity index (χ4n) is 2.12. The van der Waals surface area contributed by atoms with Crippen LogP contribution in [0, 0.1) is 0 Å². The van der Waals surface area contributed by atoms with Crippen LogP contribution in [0.3, 0.4) is 0 Å². The standard InChI is InChI=1S/C16H16OS/c1-16(2,3)12-6-7-13-11(9-12)10-17-15(13)14-5-4-8-18-14/h4-10H,1-3H3. The Morgan fingerprint density at radius 2 is 1.94 bits per heavy atom. The molecule has 0 amide bonds. The van der Waals surface area contributed by atoms with Crippen LogP contribution in [0.15, 0.2) is 46.4 Å². The molecule has 92 valence electrons. The van der Waals surface area contributed by atoms with E-state index in [9.17, 15) is 0 Å². The summed E-state index contributed by atoms with van der Waals surface area (Å²) in [6.45, 7) is 6.69. The van der Waals surface area contributed by atoms with Crippen molar-refractivity contribution in [2.75, 3.05) is 0 Å². The fourth-order valence-corrected chi connectivity index (χ4v) is 2.84. The normalized spacial score (nSPS) is 12.2. The van der Waals surface area contributed by atoms with Gasteiger partial charge < -0.3 is 4.42 Å². The third kappa shape index (κ3) is 1.87. The summed E-state index contributed by atoms with van der Waals surface area (Å²) in [6.07, 6.45) is 1.86. The molecule has 0 spiro atoms. The predicted octanol–water partition coefficient (Wildman–Crippen LogP) is 5.46. The minimum Gasteiger partial charge on any atom is -0.462 e. The topological polar surface area (TPSA) is 13.1 Å². The van der Waals surface area contributed by atoms with Gasteiger partial charge in [-0.1, -0.05) is 39.0 Å². The maximum Gasteiger partial charge on any atom is 0.151 e. The number of hydrogen-bond acceptors (Lipinski definition) is 2. The molecule has 3 rings (SSSR count). The molecule has 0 aliphatic rings. The summed E-state index contributed by atoms with van der Waals surface area (Å²) in [6, 6.07) is 10.8. The summed E-state index contributed by atoms with van der Waals surface area (Å²) in [5, 5.41) is 4.46. The van der Waals surface area contributed by atoms with E-state index in [4.69, 9.17) is 4.42 Å². The first-order chi connectivity index (χ1) is 8.55. The van der Waals surface area contributed by atoms with E-state index in [1.54, 1.807) is 11.3 Å². The fraction of sp³-hybridized carbons (Fsp3) is 0.250. The quantitative estimate of drug-likeness (QED) is 0.563. The third-order valence-corrected chi connectivity index (χ3v) is 4.08. The summed E-state index contributed by atoms with van der Waals surface area (Å²) < 4.78 is 5.74. The zero-order chi connectivity index (χ0) is 12.8. The minimum absolute atomic E-state index is 0.175. The van der Waals surface area contributed by atoms with E-state index in [1.807, 2.05) is 6.26 Å². The Labute approximate surface area is 111 Å². The Kier molecular flexibility index (Phi) is 2.56. The van der Waals surface area contributed by atoms with Crippen LogP contribution in [0.5, 0.6) is 0 Å². The number of furan rings is 1. The first-order valence-electron chi connectivity index (χ1n) is 6.11. The van der Waals surface area contributed by atoms with Crippen LogP contribution >= 0.6 is 11.3 Å². The van der Waals surface area contributed by atoms with Crippen molar-refractivity contribution in [2.45, 2.75) is 26.2 Å². The first kappa shape index (κ1) is 11.5. The number of hydrogen-bond donors (Lipinski definition) is 0. The number of rotatable bonds is 1. The molecule has 0 N–H and O–H groups in total.